The monoisotopic (exact) mass is 170 g/mol. The smallest absolute Gasteiger partial charge is 0.0195 e. The molecule has 0 aromatic heterocycles. The summed E-state index contributed by atoms with van der Waals surface area (Å²) in [6.45, 7) is 12.8. The molecule has 2 atom stereocenters. The molecule has 0 aromatic rings. The third-order valence-corrected chi connectivity index (χ3v) is 3.04. The minimum atomic E-state index is 0.705. The van der Waals surface area contributed by atoms with Gasteiger partial charge in [-0.1, -0.05) is 13.8 Å². The van der Waals surface area contributed by atoms with Crippen molar-refractivity contribution in [3.05, 3.63) is 0 Å². The van der Waals surface area contributed by atoms with E-state index in [2.05, 4.69) is 37.9 Å². The zero-order valence-corrected chi connectivity index (χ0v) is 8.80. The Kier molecular flexibility index (Phi) is 3.53. The molecule has 0 bridgehead atoms. The Balaban J connectivity index is 2.47. The maximum Gasteiger partial charge on any atom is 0.0195 e. The van der Waals surface area contributed by atoms with Crippen LogP contribution >= 0.6 is 0 Å². The van der Waals surface area contributed by atoms with E-state index >= 15 is 0 Å². The maximum absolute atomic E-state index is 3.42. The van der Waals surface area contributed by atoms with Crippen LogP contribution in [0, 0.1) is 5.92 Å². The third-order valence-electron chi connectivity index (χ3n) is 3.04. The first-order chi connectivity index (χ1) is 5.63. The van der Waals surface area contributed by atoms with Crippen LogP contribution in [0.15, 0.2) is 0 Å². The Hall–Kier alpha value is -0.0800. The molecule has 0 amide bonds. The molecule has 0 aliphatic carbocycles. The molecule has 1 N–H and O–H groups in total. The maximum atomic E-state index is 3.42. The second-order valence-corrected chi connectivity index (χ2v) is 4.28. The lowest BCUT2D eigenvalue weighted by Gasteiger charge is -2.40. The first-order valence-electron chi connectivity index (χ1n) is 5.09. The van der Waals surface area contributed by atoms with Gasteiger partial charge in [-0.25, -0.2) is 0 Å². The van der Waals surface area contributed by atoms with Gasteiger partial charge in [0.2, 0.25) is 0 Å². The minimum absolute atomic E-state index is 0.705. The molecule has 1 fully saturated rings. The van der Waals surface area contributed by atoms with Crippen molar-refractivity contribution in [1.29, 1.82) is 0 Å². The predicted molar refractivity (Wildman–Crippen MR) is 53.3 cm³/mol. The van der Waals surface area contributed by atoms with Gasteiger partial charge in [-0.05, 0) is 19.8 Å². The quantitative estimate of drug-likeness (QED) is 0.672. The fraction of sp³-hybridized carbons (Fsp3) is 1.00. The standard InChI is InChI=1S/C10H22N2/c1-8(2)10(4)12-6-5-11-7-9(12)3/h8-11H,5-7H2,1-4H3/t9-,10?/m0/s1. The number of nitrogens with one attached hydrogen (secondary N) is 1. The SMILES string of the molecule is CC(C)C(C)N1CCNC[C@@H]1C. The van der Waals surface area contributed by atoms with Crippen molar-refractivity contribution in [2.45, 2.75) is 39.8 Å². The topological polar surface area (TPSA) is 15.3 Å². The average molecular weight is 170 g/mol. The molecule has 1 aliphatic heterocycles. The lowest BCUT2D eigenvalue weighted by Crippen LogP contribution is -2.54. The summed E-state index contributed by atoms with van der Waals surface area (Å²) in [7, 11) is 0. The van der Waals surface area contributed by atoms with Crippen LogP contribution in [0.25, 0.3) is 0 Å². The van der Waals surface area contributed by atoms with Gasteiger partial charge in [-0.2, -0.15) is 0 Å². The molecule has 2 nitrogen and oxygen atoms in total. The van der Waals surface area contributed by atoms with Crippen LogP contribution in [0.2, 0.25) is 0 Å². The van der Waals surface area contributed by atoms with Gasteiger partial charge in [0.15, 0.2) is 0 Å². The second-order valence-electron chi connectivity index (χ2n) is 4.28. The zero-order chi connectivity index (χ0) is 9.14. The van der Waals surface area contributed by atoms with Crippen LogP contribution in [-0.4, -0.2) is 36.6 Å². The first-order valence-corrected chi connectivity index (χ1v) is 5.09. The highest BCUT2D eigenvalue weighted by Gasteiger charge is 2.24. The largest absolute Gasteiger partial charge is 0.314 e. The summed E-state index contributed by atoms with van der Waals surface area (Å²) in [6.07, 6.45) is 0. The first kappa shape index (κ1) is 10.0. The highest BCUT2D eigenvalue weighted by Crippen LogP contribution is 2.14. The number of piperazine rings is 1. The van der Waals surface area contributed by atoms with Crippen LogP contribution in [0.5, 0.6) is 0 Å². The summed E-state index contributed by atoms with van der Waals surface area (Å²) >= 11 is 0. The van der Waals surface area contributed by atoms with Crippen molar-refractivity contribution in [3.63, 3.8) is 0 Å². The molecule has 2 heteroatoms. The lowest BCUT2D eigenvalue weighted by atomic mass is 10.0. The molecule has 0 aromatic carbocycles. The minimum Gasteiger partial charge on any atom is -0.314 e. The van der Waals surface area contributed by atoms with E-state index in [-0.39, 0.29) is 0 Å². The molecule has 1 heterocycles. The van der Waals surface area contributed by atoms with E-state index in [4.69, 9.17) is 0 Å². The van der Waals surface area contributed by atoms with E-state index in [0.29, 0.717) is 6.04 Å². The molecule has 1 saturated heterocycles. The highest BCUT2D eigenvalue weighted by molar-refractivity contribution is 4.81. The van der Waals surface area contributed by atoms with Gasteiger partial charge in [0.05, 0.1) is 0 Å². The Morgan fingerprint density at radius 1 is 1.33 bits per heavy atom. The molecule has 1 unspecified atom stereocenters. The predicted octanol–water partition coefficient (Wildman–Crippen LogP) is 1.32. The van der Waals surface area contributed by atoms with E-state index in [9.17, 15) is 0 Å². The van der Waals surface area contributed by atoms with Crippen LogP contribution in [-0.2, 0) is 0 Å². The summed E-state index contributed by atoms with van der Waals surface area (Å²) in [5.74, 6) is 0.769. The Morgan fingerprint density at radius 2 is 2.00 bits per heavy atom. The molecule has 0 radical (unpaired) electrons. The Morgan fingerprint density at radius 3 is 2.50 bits per heavy atom. The molecule has 0 saturated carbocycles. The van der Waals surface area contributed by atoms with Crippen molar-refractivity contribution in [1.82, 2.24) is 10.2 Å². The van der Waals surface area contributed by atoms with Gasteiger partial charge in [-0.15, -0.1) is 0 Å². The van der Waals surface area contributed by atoms with Gasteiger partial charge in [0.25, 0.3) is 0 Å². The fourth-order valence-corrected chi connectivity index (χ4v) is 1.84. The third kappa shape index (κ3) is 2.20. The summed E-state index contributed by atoms with van der Waals surface area (Å²) < 4.78 is 0. The van der Waals surface area contributed by atoms with Crippen LogP contribution in [0.4, 0.5) is 0 Å². The average Bonchev–Trinajstić information content (AvgIpc) is 2.04. The summed E-state index contributed by atoms with van der Waals surface area (Å²) in [5, 5.41) is 3.42. The van der Waals surface area contributed by atoms with Gasteiger partial charge < -0.3 is 5.32 Å². The van der Waals surface area contributed by atoms with Crippen LogP contribution in [0.1, 0.15) is 27.7 Å². The molecule has 1 aliphatic rings. The number of hydrogen-bond acceptors (Lipinski definition) is 2. The van der Waals surface area contributed by atoms with Crippen molar-refractivity contribution in [3.8, 4) is 0 Å². The van der Waals surface area contributed by atoms with Crippen LogP contribution in [0.3, 0.4) is 0 Å². The van der Waals surface area contributed by atoms with E-state index < -0.39 is 0 Å². The van der Waals surface area contributed by atoms with Gasteiger partial charge >= 0.3 is 0 Å². The summed E-state index contributed by atoms with van der Waals surface area (Å²) in [5.41, 5.74) is 0. The van der Waals surface area contributed by atoms with E-state index in [0.717, 1.165) is 25.0 Å². The van der Waals surface area contributed by atoms with E-state index in [1.807, 2.05) is 0 Å². The van der Waals surface area contributed by atoms with Gasteiger partial charge in [0, 0.05) is 31.7 Å². The van der Waals surface area contributed by atoms with Crippen molar-refractivity contribution < 1.29 is 0 Å². The van der Waals surface area contributed by atoms with Gasteiger partial charge in [0.1, 0.15) is 0 Å². The number of hydrogen-bond donors (Lipinski definition) is 1. The zero-order valence-electron chi connectivity index (χ0n) is 8.80. The van der Waals surface area contributed by atoms with Crippen molar-refractivity contribution in [2.75, 3.05) is 19.6 Å². The normalized spacial score (nSPS) is 29.2. The number of nitrogens with zero attached hydrogens (tertiary/aromatic N) is 1. The molecule has 1 rings (SSSR count). The fourth-order valence-electron chi connectivity index (χ4n) is 1.84. The van der Waals surface area contributed by atoms with Crippen LogP contribution < -0.4 is 5.32 Å². The number of rotatable bonds is 2. The Labute approximate surface area is 76.3 Å². The van der Waals surface area contributed by atoms with Crippen molar-refractivity contribution in [2.24, 2.45) is 5.92 Å². The van der Waals surface area contributed by atoms with Crippen molar-refractivity contribution >= 4 is 0 Å². The Bertz CT molecular complexity index is 134. The summed E-state index contributed by atoms with van der Waals surface area (Å²) in [4.78, 5) is 2.61. The molecule has 72 valence electrons. The second kappa shape index (κ2) is 4.24. The van der Waals surface area contributed by atoms with E-state index in [1.54, 1.807) is 0 Å². The highest BCUT2D eigenvalue weighted by atomic mass is 15.2. The van der Waals surface area contributed by atoms with Gasteiger partial charge in [-0.3, -0.25) is 4.90 Å². The lowest BCUT2D eigenvalue weighted by molar-refractivity contribution is 0.0988. The molecule has 0 spiro atoms. The molecular weight excluding hydrogens is 148 g/mol. The molecular formula is C10H22N2. The molecule has 12 heavy (non-hydrogen) atoms. The van der Waals surface area contributed by atoms with E-state index in [1.165, 1.54) is 6.54 Å². The summed E-state index contributed by atoms with van der Waals surface area (Å²) in [6, 6.07) is 1.43.